The molecule has 0 saturated heterocycles. The van der Waals surface area contributed by atoms with Crippen LogP contribution in [0, 0.1) is 10.1 Å². The molecule has 2 amide bonds. The first-order chi connectivity index (χ1) is 12.9. The molecule has 0 unspecified atom stereocenters. The minimum Gasteiger partial charge on any atom is -0.496 e. The van der Waals surface area contributed by atoms with Crippen LogP contribution in [0.4, 0.5) is 16.2 Å². The number of carbonyl (C=O) groups excluding carboxylic acids is 1. The number of nitrogens with one attached hydrogen (secondary N) is 2. The van der Waals surface area contributed by atoms with E-state index in [1.54, 1.807) is 6.07 Å². The molecule has 2 aromatic rings. The number of rotatable bonds is 8. The summed E-state index contributed by atoms with van der Waals surface area (Å²) in [5, 5.41) is 16.5. The van der Waals surface area contributed by atoms with Gasteiger partial charge in [-0.1, -0.05) is 30.3 Å². The second-order valence-electron chi connectivity index (χ2n) is 6.28. The SMILES string of the molecule is COc1ccc(NC(=O)NC[C@@H](Cc2ccccc2)N(C)C)c([N+](=O)[O-])c1. The van der Waals surface area contributed by atoms with E-state index in [0.29, 0.717) is 12.3 Å². The highest BCUT2D eigenvalue weighted by molar-refractivity contribution is 5.92. The topological polar surface area (TPSA) is 96.7 Å². The smallest absolute Gasteiger partial charge is 0.319 e. The van der Waals surface area contributed by atoms with Crippen LogP contribution in [0.2, 0.25) is 0 Å². The molecule has 0 aromatic heterocycles. The van der Waals surface area contributed by atoms with Crippen LogP contribution in [0.3, 0.4) is 0 Å². The van der Waals surface area contributed by atoms with Gasteiger partial charge in [-0.05, 0) is 38.2 Å². The molecular weight excluding hydrogens is 348 g/mol. The molecule has 0 aliphatic rings. The first-order valence-corrected chi connectivity index (χ1v) is 8.48. The third kappa shape index (κ3) is 5.96. The summed E-state index contributed by atoms with van der Waals surface area (Å²) in [4.78, 5) is 24.9. The third-order valence-electron chi connectivity index (χ3n) is 4.19. The average molecular weight is 372 g/mol. The summed E-state index contributed by atoms with van der Waals surface area (Å²) in [6.07, 6.45) is 0.775. The van der Waals surface area contributed by atoms with Crippen LogP contribution in [0.5, 0.6) is 5.75 Å². The van der Waals surface area contributed by atoms with Crippen LogP contribution in [0.1, 0.15) is 5.56 Å². The number of anilines is 1. The van der Waals surface area contributed by atoms with E-state index in [1.807, 2.05) is 49.3 Å². The minimum absolute atomic E-state index is 0.0870. The summed E-state index contributed by atoms with van der Waals surface area (Å²) < 4.78 is 4.99. The van der Waals surface area contributed by atoms with Gasteiger partial charge in [0.15, 0.2) is 0 Å². The molecule has 27 heavy (non-hydrogen) atoms. The molecule has 0 fully saturated rings. The van der Waals surface area contributed by atoms with Crippen molar-refractivity contribution in [1.29, 1.82) is 0 Å². The monoisotopic (exact) mass is 372 g/mol. The maximum atomic E-state index is 12.2. The van der Waals surface area contributed by atoms with Gasteiger partial charge in [-0.25, -0.2) is 4.79 Å². The number of benzene rings is 2. The molecule has 0 bridgehead atoms. The molecule has 0 saturated carbocycles. The van der Waals surface area contributed by atoms with E-state index < -0.39 is 11.0 Å². The minimum atomic E-state index is -0.559. The molecule has 2 rings (SSSR count). The highest BCUT2D eigenvalue weighted by Gasteiger charge is 2.18. The van der Waals surface area contributed by atoms with Crippen molar-refractivity contribution in [3.63, 3.8) is 0 Å². The molecule has 2 aromatic carbocycles. The third-order valence-corrected chi connectivity index (χ3v) is 4.19. The Morgan fingerprint density at radius 2 is 1.93 bits per heavy atom. The van der Waals surface area contributed by atoms with E-state index in [9.17, 15) is 14.9 Å². The number of nitro groups is 1. The number of urea groups is 1. The fourth-order valence-electron chi connectivity index (χ4n) is 2.60. The van der Waals surface area contributed by atoms with E-state index in [-0.39, 0.29) is 17.4 Å². The van der Waals surface area contributed by atoms with Gasteiger partial charge in [0.25, 0.3) is 5.69 Å². The summed E-state index contributed by atoms with van der Waals surface area (Å²) >= 11 is 0. The second-order valence-corrected chi connectivity index (χ2v) is 6.28. The first kappa shape index (κ1) is 20.2. The largest absolute Gasteiger partial charge is 0.496 e. The predicted molar refractivity (Wildman–Crippen MR) is 104 cm³/mol. The van der Waals surface area contributed by atoms with Crippen molar-refractivity contribution in [3.05, 3.63) is 64.2 Å². The van der Waals surface area contributed by atoms with Gasteiger partial charge in [-0.3, -0.25) is 10.1 Å². The highest BCUT2D eigenvalue weighted by atomic mass is 16.6. The molecular formula is C19H24N4O4. The Kier molecular flexibility index (Phi) is 7.13. The Balaban J connectivity index is 1.99. The molecule has 0 aliphatic heterocycles. The predicted octanol–water partition coefficient (Wildman–Crippen LogP) is 2.90. The highest BCUT2D eigenvalue weighted by Crippen LogP contribution is 2.28. The number of hydrogen-bond acceptors (Lipinski definition) is 5. The van der Waals surface area contributed by atoms with Gasteiger partial charge in [0.2, 0.25) is 0 Å². The van der Waals surface area contributed by atoms with Gasteiger partial charge in [0.1, 0.15) is 11.4 Å². The fourth-order valence-corrected chi connectivity index (χ4v) is 2.60. The van der Waals surface area contributed by atoms with E-state index in [0.717, 1.165) is 6.42 Å². The van der Waals surface area contributed by atoms with Gasteiger partial charge in [-0.15, -0.1) is 0 Å². The number of nitrogens with zero attached hydrogens (tertiary/aromatic N) is 2. The lowest BCUT2D eigenvalue weighted by molar-refractivity contribution is -0.384. The summed E-state index contributed by atoms with van der Waals surface area (Å²) in [7, 11) is 5.32. The van der Waals surface area contributed by atoms with E-state index >= 15 is 0 Å². The van der Waals surface area contributed by atoms with Crippen LogP contribution in [0.15, 0.2) is 48.5 Å². The van der Waals surface area contributed by atoms with Crippen molar-refractivity contribution < 1.29 is 14.5 Å². The van der Waals surface area contributed by atoms with Crippen LogP contribution in [0.25, 0.3) is 0 Å². The van der Waals surface area contributed by atoms with Crippen LogP contribution < -0.4 is 15.4 Å². The molecule has 0 aliphatic carbocycles. The lowest BCUT2D eigenvalue weighted by atomic mass is 10.1. The lowest BCUT2D eigenvalue weighted by Crippen LogP contribution is -2.43. The van der Waals surface area contributed by atoms with Gasteiger partial charge in [0, 0.05) is 12.6 Å². The van der Waals surface area contributed by atoms with Crippen molar-refractivity contribution in [2.75, 3.05) is 33.1 Å². The molecule has 144 valence electrons. The zero-order valence-corrected chi connectivity index (χ0v) is 15.6. The number of methoxy groups -OCH3 is 1. The Morgan fingerprint density at radius 1 is 1.22 bits per heavy atom. The zero-order chi connectivity index (χ0) is 19.8. The van der Waals surface area contributed by atoms with E-state index in [2.05, 4.69) is 10.6 Å². The summed E-state index contributed by atoms with van der Waals surface area (Å²) in [6.45, 7) is 0.400. The van der Waals surface area contributed by atoms with Crippen molar-refractivity contribution >= 4 is 17.4 Å². The number of carbonyl (C=O) groups is 1. The van der Waals surface area contributed by atoms with E-state index in [4.69, 9.17) is 4.74 Å². The molecule has 0 spiro atoms. The van der Waals surface area contributed by atoms with E-state index in [1.165, 1.54) is 24.8 Å². The Bertz CT molecular complexity index is 781. The van der Waals surface area contributed by atoms with Gasteiger partial charge >= 0.3 is 6.03 Å². The molecule has 8 heteroatoms. The first-order valence-electron chi connectivity index (χ1n) is 8.48. The summed E-state index contributed by atoms with van der Waals surface area (Å²) in [5.41, 5.74) is 1.06. The van der Waals surface area contributed by atoms with Crippen molar-refractivity contribution in [1.82, 2.24) is 10.2 Å². The molecule has 0 heterocycles. The standard InChI is InChI=1S/C19H24N4O4/c1-22(2)15(11-14-7-5-4-6-8-14)13-20-19(24)21-17-10-9-16(27-3)12-18(17)23(25)26/h4-10,12,15H,11,13H2,1-3H3,(H2,20,21,24)/t15-/m1/s1. The Labute approximate surface area is 158 Å². The number of nitro benzene ring substituents is 1. The summed E-state index contributed by atoms with van der Waals surface area (Å²) in [5.74, 6) is 0.350. The maximum Gasteiger partial charge on any atom is 0.319 e. The van der Waals surface area contributed by atoms with Gasteiger partial charge < -0.3 is 20.3 Å². The van der Waals surface area contributed by atoms with Crippen LogP contribution in [-0.4, -0.2) is 49.6 Å². The van der Waals surface area contributed by atoms with Crippen molar-refractivity contribution in [3.8, 4) is 5.75 Å². The Hall–Kier alpha value is -3.13. The quantitative estimate of drug-likeness (QED) is 0.549. The maximum absolute atomic E-state index is 12.2. The molecule has 0 radical (unpaired) electrons. The summed E-state index contributed by atoms with van der Waals surface area (Å²) in [6, 6.07) is 13.9. The number of ether oxygens (including phenoxy) is 1. The zero-order valence-electron chi connectivity index (χ0n) is 15.6. The molecule has 1 atom stereocenters. The molecule has 8 nitrogen and oxygen atoms in total. The van der Waals surface area contributed by atoms with Crippen LogP contribution in [-0.2, 0) is 6.42 Å². The fraction of sp³-hybridized carbons (Fsp3) is 0.316. The number of likely N-dealkylation sites (N-methyl/N-ethyl adjacent to an activating group) is 1. The van der Waals surface area contributed by atoms with Gasteiger partial charge in [-0.2, -0.15) is 0 Å². The van der Waals surface area contributed by atoms with Crippen molar-refractivity contribution in [2.24, 2.45) is 0 Å². The Morgan fingerprint density at radius 3 is 2.52 bits per heavy atom. The van der Waals surface area contributed by atoms with Crippen molar-refractivity contribution in [2.45, 2.75) is 12.5 Å². The second kappa shape index (κ2) is 9.54. The average Bonchev–Trinajstić information content (AvgIpc) is 2.65. The number of hydrogen-bond donors (Lipinski definition) is 2. The molecule has 2 N–H and O–H groups in total. The lowest BCUT2D eigenvalue weighted by Gasteiger charge is -2.24. The normalized spacial score (nSPS) is 11.7. The van der Waals surface area contributed by atoms with Gasteiger partial charge in [0.05, 0.1) is 18.1 Å². The number of amides is 2. The van der Waals surface area contributed by atoms with Crippen LogP contribution >= 0.6 is 0 Å².